The Hall–Kier alpha value is -1.93. The van der Waals surface area contributed by atoms with Gasteiger partial charge in [0, 0.05) is 6.42 Å². The number of fused-ring (bicyclic) bond motifs is 1. The Morgan fingerprint density at radius 1 is 1.15 bits per heavy atom. The van der Waals surface area contributed by atoms with Crippen molar-refractivity contribution in [3.8, 4) is 0 Å². The fourth-order valence-corrected chi connectivity index (χ4v) is 2.75. The van der Waals surface area contributed by atoms with Gasteiger partial charge in [-0.25, -0.2) is 0 Å². The van der Waals surface area contributed by atoms with Gasteiger partial charge in [-0.2, -0.15) is 0 Å². The van der Waals surface area contributed by atoms with Crippen LogP contribution in [0.3, 0.4) is 0 Å². The van der Waals surface area contributed by atoms with Crippen molar-refractivity contribution in [1.29, 1.82) is 0 Å². The molecule has 0 spiro atoms. The smallest absolute Gasteiger partial charge is 0.170 e. The molecule has 0 fully saturated rings. The van der Waals surface area contributed by atoms with Gasteiger partial charge in [0.1, 0.15) is 6.10 Å². The van der Waals surface area contributed by atoms with Crippen LogP contribution in [0.1, 0.15) is 28.4 Å². The van der Waals surface area contributed by atoms with E-state index >= 15 is 0 Å². The second-order valence-corrected chi connectivity index (χ2v) is 5.27. The molecule has 2 aromatic rings. The molecule has 1 heterocycles. The molecule has 0 bridgehead atoms. The fraction of sp³-hybridized carbons (Fsp3) is 0.278. The number of benzene rings is 2. The predicted octanol–water partition coefficient (Wildman–Crippen LogP) is 3.42. The lowest BCUT2D eigenvalue weighted by Gasteiger charge is -2.25. The molecule has 0 radical (unpaired) electrons. The number of carbonyl (C=O) groups excluding carboxylic acids is 1. The van der Waals surface area contributed by atoms with Crippen LogP contribution in [0.25, 0.3) is 0 Å². The average Bonchev–Trinajstić information content (AvgIpc) is 2.49. The minimum Gasteiger partial charge on any atom is -0.365 e. The number of ether oxygens (including phenoxy) is 1. The van der Waals surface area contributed by atoms with Gasteiger partial charge >= 0.3 is 0 Å². The predicted molar refractivity (Wildman–Crippen MR) is 78.7 cm³/mol. The van der Waals surface area contributed by atoms with Crippen molar-refractivity contribution < 1.29 is 9.53 Å². The van der Waals surface area contributed by atoms with Gasteiger partial charge in [0.15, 0.2) is 5.78 Å². The summed E-state index contributed by atoms with van der Waals surface area (Å²) in [4.78, 5) is 12.6. The number of rotatable bonds is 3. The molecule has 2 nitrogen and oxygen atoms in total. The summed E-state index contributed by atoms with van der Waals surface area (Å²) in [5, 5.41) is 0. The quantitative estimate of drug-likeness (QED) is 0.851. The molecule has 1 aliphatic rings. The van der Waals surface area contributed by atoms with Crippen LogP contribution < -0.4 is 0 Å². The minimum atomic E-state index is -0.403. The van der Waals surface area contributed by atoms with Crippen LogP contribution in [0.5, 0.6) is 0 Å². The fourth-order valence-electron chi connectivity index (χ4n) is 2.75. The van der Waals surface area contributed by atoms with E-state index in [9.17, 15) is 4.79 Å². The van der Waals surface area contributed by atoms with Crippen LogP contribution in [0.15, 0.2) is 48.5 Å². The van der Waals surface area contributed by atoms with Gasteiger partial charge in [-0.3, -0.25) is 4.79 Å². The normalized spacial score (nSPS) is 17.6. The Labute approximate surface area is 119 Å². The van der Waals surface area contributed by atoms with Crippen LogP contribution in [0, 0.1) is 6.92 Å². The van der Waals surface area contributed by atoms with E-state index in [-0.39, 0.29) is 5.78 Å². The van der Waals surface area contributed by atoms with Crippen molar-refractivity contribution in [2.45, 2.75) is 25.9 Å². The molecule has 0 aromatic heterocycles. The van der Waals surface area contributed by atoms with Crippen molar-refractivity contribution in [3.05, 3.63) is 70.8 Å². The van der Waals surface area contributed by atoms with Gasteiger partial charge in [-0.15, -0.1) is 0 Å². The van der Waals surface area contributed by atoms with E-state index in [1.165, 1.54) is 5.56 Å². The molecule has 2 aromatic carbocycles. The first kappa shape index (κ1) is 13.1. The minimum absolute atomic E-state index is 0.145. The summed E-state index contributed by atoms with van der Waals surface area (Å²) in [6, 6.07) is 16.1. The Morgan fingerprint density at radius 3 is 2.75 bits per heavy atom. The van der Waals surface area contributed by atoms with Gasteiger partial charge in [0.2, 0.25) is 0 Å². The lowest BCUT2D eigenvalue weighted by Crippen LogP contribution is -2.24. The van der Waals surface area contributed by atoms with Gasteiger partial charge in [0.25, 0.3) is 0 Å². The first-order valence-corrected chi connectivity index (χ1v) is 7.02. The maximum atomic E-state index is 12.6. The van der Waals surface area contributed by atoms with Crippen LogP contribution in [-0.2, 0) is 22.4 Å². The van der Waals surface area contributed by atoms with E-state index in [0.717, 1.165) is 23.1 Å². The van der Waals surface area contributed by atoms with Crippen molar-refractivity contribution in [2.75, 3.05) is 6.61 Å². The first-order valence-electron chi connectivity index (χ1n) is 7.02. The zero-order valence-corrected chi connectivity index (χ0v) is 11.6. The molecule has 3 rings (SSSR count). The van der Waals surface area contributed by atoms with E-state index < -0.39 is 6.10 Å². The molecule has 1 aliphatic heterocycles. The molecule has 102 valence electrons. The highest BCUT2D eigenvalue weighted by Crippen LogP contribution is 2.28. The standard InChI is InChI=1S/C18H18O2/c1-13-6-2-3-8-15(13)12-17(19)18-16-9-5-4-7-14(16)10-11-20-18/h2-9,18H,10-12H2,1H3. The largest absolute Gasteiger partial charge is 0.365 e. The zero-order chi connectivity index (χ0) is 13.9. The maximum absolute atomic E-state index is 12.6. The molecule has 0 N–H and O–H groups in total. The molecule has 2 heteroatoms. The summed E-state index contributed by atoms with van der Waals surface area (Å²) in [5.74, 6) is 0.145. The van der Waals surface area contributed by atoms with Crippen molar-refractivity contribution in [3.63, 3.8) is 0 Å². The highest BCUT2D eigenvalue weighted by atomic mass is 16.5. The third-order valence-electron chi connectivity index (χ3n) is 3.91. The molecule has 20 heavy (non-hydrogen) atoms. The first-order chi connectivity index (χ1) is 9.75. The Kier molecular flexibility index (Phi) is 3.66. The van der Waals surface area contributed by atoms with Crippen molar-refractivity contribution in [2.24, 2.45) is 0 Å². The number of Topliss-reactive ketones (excluding diaryl/α,β-unsaturated/α-hetero) is 1. The highest BCUT2D eigenvalue weighted by Gasteiger charge is 2.27. The summed E-state index contributed by atoms with van der Waals surface area (Å²) in [5.41, 5.74) is 4.52. The van der Waals surface area contributed by atoms with E-state index in [4.69, 9.17) is 4.74 Å². The SMILES string of the molecule is Cc1ccccc1CC(=O)C1OCCc2ccccc21. The zero-order valence-electron chi connectivity index (χ0n) is 11.6. The molecular formula is C18H18O2. The lowest BCUT2D eigenvalue weighted by molar-refractivity contribution is -0.131. The maximum Gasteiger partial charge on any atom is 0.170 e. The van der Waals surface area contributed by atoms with Gasteiger partial charge in [-0.05, 0) is 35.6 Å². The number of ketones is 1. The summed E-state index contributed by atoms with van der Waals surface area (Å²) in [6.45, 7) is 2.67. The van der Waals surface area contributed by atoms with E-state index in [1.54, 1.807) is 0 Å². The monoisotopic (exact) mass is 266 g/mol. The summed E-state index contributed by atoms with van der Waals surface area (Å²) in [7, 11) is 0. The Balaban J connectivity index is 1.84. The van der Waals surface area contributed by atoms with Gasteiger partial charge in [0.05, 0.1) is 6.61 Å². The molecule has 0 aliphatic carbocycles. The lowest BCUT2D eigenvalue weighted by atomic mass is 9.92. The Bertz CT molecular complexity index is 631. The van der Waals surface area contributed by atoms with Crippen LogP contribution >= 0.6 is 0 Å². The molecule has 0 saturated carbocycles. The van der Waals surface area contributed by atoms with Gasteiger partial charge in [-0.1, -0.05) is 48.5 Å². The van der Waals surface area contributed by atoms with Crippen LogP contribution in [-0.4, -0.2) is 12.4 Å². The molecule has 1 unspecified atom stereocenters. The molecule has 0 saturated heterocycles. The van der Waals surface area contributed by atoms with Crippen LogP contribution in [0.2, 0.25) is 0 Å². The topological polar surface area (TPSA) is 26.3 Å². The van der Waals surface area contributed by atoms with Gasteiger partial charge < -0.3 is 4.74 Å². The number of hydrogen-bond donors (Lipinski definition) is 0. The second kappa shape index (κ2) is 5.59. The van der Waals surface area contributed by atoms with Crippen molar-refractivity contribution >= 4 is 5.78 Å². The summed E-state index contributed by atoms with van der Waals surface area (Å²) in [6.07, 6.45) is 0.926. The van der Waals surface area contributed by atoms with Crippen molar-refractivity contribution in [1.82, 2.24) is 0 Å². The third-order valence-corrected chi connectivity index (χ3v) is 3.91. The number of hydrogen-bond acceptors (Lipinski definition) is 2. The summed E-state index contributed by atoms with van der Waals surface area (Å²) >= 11 is 0. The van der Waals surface area contributed by atoms with E-state index in [1.807, 2.05) is 49.4 Å². The molecule has 1 atom stereocenters. The summed E-state index contributed by atoms with van der Waals surface area (Å²) < 4.78 is 5.73. The number of aryl methyl sites for hydroxylation is 1. The van der Waals surface area contributed by atoms with Crippen LogP contribution in [0.4, 0.5) is 0 Å². The Morgan fingerprint density at radius 2 is 1.90 bits per heavy atom. The second-order valence-electron chi connectivity index (χ2n) is 5.27. The highest BCUT2D eigenvalue weighted by molar-refractivity contribution is 5.87. The van der Waals surface area contributed by atoms with E-state index in [2.05, 4.69) is 6.07 Å². The molecular weight excluding hydrogens is 248 g/mol. The molecule has 0 amide bonds. The number of carbonyl (C=O) groups is 1. The third kappa shape index (κ3) is 2.52. The average molecular weight is 266 g/mol. The van der Waals surface area contributed by atoms with E-state index in [0.29, 0.717) is 13.0 Å².